The summed E-state index contributed by atoms with van der Waals surface area (Å²) in [6, 6.07) is 13.0. The van der Waals surface area contributed by atoms with Gasteiger partial charge in [0.25, 0.3) is 0 Å². The number of fused-ring (bicyclic) bond motifs is 2. The molecule has 0 spiro atoms. The Balaban J connectivity index is 1.98. The number of methoxy groups -OCH3 is 2. The van der Waals surface area contributed by atoms with E-state index in [9.17, 15) is 9.90 Å². The van der Waals surface area contributed by atoms with Crippen molar-refractivity contribution in [2.75, 3.05) is 27.8 Å². The maximum absolute atomic E-state index is 12.0. The smallest absolute Gasteiger partial charge is 0.167 e. The van der Waals surface area contributed by atoms with Crippen molar-refractivity contribution in [3.05, 3.63) is 64.8 Å². The van der Waals surface area contributed by atoms with Crippen LogP contribution in [0.25, 0.3) is 22.6 Å². The van der Waals surface area contributed by atoms with Crippen molar-refractivity contribution in [1.82, 2.24) is 4.98 Å². The predicted octanol–water partition coefficient (Wildman–Crippen LogP) is 1.18. The third-order valence-corrected chi connectivity index (χ3v) is 5.24. The average molecular weight is 390 g/mol. The quantitative estimate of drug-likeness (QED) is 0.724. The molecule has 1 aliphatic rings. The number of nitrogens with zero attached hydrogens (tertiary/aromatic N) is 1. The zero-order chi connectivity index (χ0) is 20.5. The SMILES string of the molecule is COc1cccc(/C=C2\C[NH+](C)Cc3c2nc2ccccc2c3C(=O)[O-])c1OC. The average Bonchev–Trinajstić information content (AvgIpc) is 2.71. The van der Waals surface area contributed by atoms with E-state index in [-0.39, 0.29) is 5.56 Å². The van der Waals surface area contributed by atoms with Crippen LogP contribution in [-0.4, -0.2) is 38.8 Å². The number of carboxylic acids is 1. The Hall–Kier alpha value is -3.38. The zero-order valence-electron chi connectivity index (χ0n) is 16.6. The molecule has 1 aliphatic heterocycles. The highest BCUT2D eigenvalue weighted by molar-refractivity contribution is 6.05. The van der Waals surface area contributed by atoms with E-state index < -0.39 is 5.97 Å². The van der Waals surface area contributed by atoms with Crippen molar-refractivity contribution >= 4 is 28.5 Å². The minimum Gasteiger partial charge on any atom is -0.545 e. The Morgan fingerprint density at radius 2 is 1.90 bits per heavy atom. The van der Waals surface area contributed by atoms with E-state index in [0.717, 1.165) is 11.1 Å². The lowest BCUT2D eigenvalue weighted by Gasteiger charge is -2.27. The van der Waals surface area contributed by atoms with E-state index in [0.29, 0.717) is 46.7 Å². The standard InChI is InChI=1S/C23H22N2O4/c1-25-12-15(11-14-7-6-10-19(28-2)22(14)29-3)21-17(13-25)20(23(26)27)16-8-4-5-9-18(16)24-21/h4-11H,12-13H2,1-3H3,(H,26,27)/b15-11+. The Bertz CT molecular complexity index is 1140. The third kappa shape index (κ3) is 3.32. The molecule has 1 N–H and O–H groups in total. The minimum atomic E-state index is -1.17. The van der Waals surface area contributed by atoms with Gasteiger partial charge in [-0.25, -0.2) is 4.98 Å². The number of aromatic carboxylic acids is 1. The Morgan fingerprint density at radius 3 is 2.62 bits per heavy atom. The lowest BCUT2D eigenvalue weighted by Crippen LogP contribution is -3.08. The van der Waals surface area contributed by atoms with Crippen LogP contribution in [0, 0.1) is 0 Å². The molecule has 4 rings (SSSR count). The van der Waals surface area contributed by atoms with Gasteiger partial charge in [0.15, 0.2) is 11.5 Å². The van der Waals surface area contributed by atoms with Crippen molar-refractivity contribution in [2.24, 2.45) is 0 Å². The molecule has 0 fully saturated rings. The fraction of sp³-hybridized carbons (Fsp3) is 0.217. The van der Waals surface area contributed by atoms with E-state index in [2.05, 4.69) is 0 Å². The number of rotatable bonds is 4. The van der Waals surface area contributed by atoms with Crippen LogP contribution in [0.4, 0.5) is 0 Å². The van der Waals surface area contributed by atoms with Gasteiger partial charge in [-0.1, -0.05) is 30.3 Å². The summed E-state index contributed by atoms with van der Waals surface area (Å²) in [5.41, 5.74) is 4.09. The number of ether oxygens (including phenoxy) is 2. The summed E-state index contributed by atoms with van der Waals surface area (Å²) in [7, 11) is 5.24. The van der Waals surface area contributed by atoms with Crippen molar-refractivity contribution in [1.29, 1.82) is 0 Å². The fourth-order valence-electron chi connectivity index (χ4n) is 4.03. The summed E-state index contributed by atoms with van der Waals surface area (Å²) >= 11 is 0. The summed E-state index contributed by atoms with van der Waals surface area (Å²) in [6.07, 6.45) is 2.00. The minimum absolute atomic E-state index is 0.230. The van der Waals surface area contributed by atoms with Gasteiger partial charge in [0, 0.05) is 27.6 Å². The highest BCUT2D eigenvalue weighted by Crippen LogP contribution is 2.35. The van der Waals surface area contributed by atoms with Crippen LogP contribution in [-0.2, 0) is 6.54 Å². The first kappa shape index (κ1) is 19.0. The topological polar surface area (TPSA) is 75.9 Å². The lowest BCUT2D eigenvalue weighted by molar-refractivity contribution is -0.887. The molecule has 29 heavy (non-hydrogen) atoms. The lowest BCUT2D eigenvalue weighted by atomic mass is 9.92. The number of carbonyl (C=O) groups excluding carboxylic acids is 1. The van der Waals surface area contributed by atoms with Crippen molar-refractivity contribution in [3.63, 3.8) is 0 Å². The van der Waals surface area contributed by atoms with Gasteiger partial charge in [-0.05, 0) is 18.2 Å². The molecule has 2 heterocycles. The number of hydrogen-bond acceptors (Lipinski definition) is 5. The summed E-state index contributed by atoms with van der Waals surface area (Å²) < 4.78 is 11.0. The first-order valence-electron chi connectivity index (χ1n) is 9.39. The van der Waals surface area contributed by atoms with Crippen LogP contribution in [0.1, 0.15) is 27.2 Å². The van der Waals surface area contributed by atoms with Crippen LogP contribution in [0.3, 0.4) is 0 Å². The number of aromatic nitrogens is 1. The summed E-state index contributed by atoms with van der Waals surface area (Å²) in [5.74, 6) is 0.0986. The van der Waals surface area contributed by atoms with Crippen molar-refractivity contribution < 1.29 is 24.3 Å². The third-order valence-electron chi connectivity index (χ3n) is 5.24. The maximum Gasteiger partial charge on any atom is 0.167 e. The number of hydrogen-bond donors (Lipinski definition) is 1. The highest BCUT2D eigenvalue weighted by atomic mass is 16.5. The highest BCUT2D eigenvalue weighted by Gasteiger charge is 2.27. The molecule has 0 aliphatic carbocycles. The van der Waals surface area contributed by atoms with E-state index in [1.807, 2.05) is 49.5 Å². The van der Waals surface area contributed by atoms with Crippen LogP contribution >= 0.6 is 0 Å². The first-order valence-corrected chi connectivity index (χ1v) is 9.39. The monoisotopic (exact) mass is 390 g/mol. The van der Waals surface area contributed by atoms with Crippen molar-refractivity contribution in [3.8, 4) is 11.5 Å². The van der Waals surface area contributed by atoms with Gasteiger partial charge in [0.05, 0.1) is 38.4 Å². The number of pyridine rings is 1. The molecule has 1 atom stereocenters. The normalized spacial score (nSPS) is 17.2. The number of quaternary nitrogens is 1. The van der Waals surface area contributed by atoms with Gasteiger partial charge in [-0.15, -0.1) is 0 Å². The number of carboxylic acid groups (broad SMARTS) is 1. The second-order valence-corrected chi connectivity index (χ2v) is 7.18. The van der Waals surface area contributed by atoms with E-state index in [1.165, 1.54) is 4.90 Å². The van der Waals surface area contributed by atoms with Crippen LogP contribution in [0.15, 0.2) is 42.5 Å². The largest absolute Gasteiger partial charge is 0.545 e. The molecule has 2 aromatic carbocycles. The molecule has 0 saturated carbocycles. The maximum atomic E-state index is 12.0. The van der Waals surface area contributed by atoms with Crippen LogP contribution in [0.2, 0.25) is 0 Å². The molecule has 6 heteroatoms. The molecule has 0 bridgehead atoms. The summed E-state index contributed by atoms with van der Waals surface area (Å²) in [5, 5.41) is 12.6. The molecule has 1 unspecified atom stereocenters. The second-order valence-electron chi connectivity index (χ2n) is 7.18. The predicted molar refractivity (Wildman–Crippen MR) is 109 cm³/mol. The molecular weight excluding hydrogens is 368 g/mol. The van der Waals surface area contributed by atoms with Gasteiger partial charge in [0.2, 0.25) is 0 Å². The van der Waals surface area contributed by atoms with Gasteiger partial charge < -0.3 is 24.3 Å². The first-order chi connectivity index (χ1) is 14.0. The van der Waals surface area contributed by atoms with Gasteiger partial charge in [-0.2, -0.15) is 0 Å². The molecular formula is C23H22N2O4. The van der Waals surface area contributed by atoms with Crippen LogP contribution < -0.4 is 19.5 Å². The molecule has 0 radical (unpaired) electrons. The summed E-state index contributed by atoms with van der Waals surface area (Å²) in [4.78, 5) is 18.0. The second kappa shape index (κ2) is 7.56. The van der Waals surface area contributed by atoms with E-state index >= 15 is 0 Å². The van der Waals surface area contributed by atoms with Gasteiger partial charge >= 0.3 is 0 Å². The van der Waals surface area contributed by atoms with E-state index in [1.54, 1.807) is 20.3 Å². The molecule has 6 nitrogen and oxygen atoms in total. The van der Waals surface area contributed by atoms with Gasteiger partial charge in [-0.3, -0.25) is 0 Å². The zero-order valence-corrected chi connectivity index (χ0v) is 16.6. The molecule has 0 saturated heterocycles. The number of para-hydroxylation sites is 2. The van der Waals surface area contributed by atoms with E-state index in [4.69, 9.17) is 14.5 Å². The molecule has 148 valence electrons. The number of likely N-dealkylation sites (N-methyl/N-ethyl adjacent to an activating group) is 1. The summed E-state index contributed by atoms with van der Waals surface area (Å²) in [6.45, 7) is 1.29. The number of benzene rings is 2. The number of carbonyl (C=O) groups is 1. The molecule has 0 amide bonds. The Morgan fingerprint density at radius 1 is 1.10 bits per heavy atom. The molecule has 3 aromatic rings. The van der Waals surface area contributed by atoms with Gasteiger partial charge in [0.1, 0.15) is 13.1 Å². The van der Waals surface area contributed by atoms with Crippen molar-refractivity contribution in [2.45, 2.75) is 6.54 Å². The Kier molecular flexibility index (Phi) is 4.94. The number of nitrogens with one attached hydrogen (secondary N) is 1. The Labute approximate surface area is 169 Å². The van der Waals surface area contributed by atoms with Crippen LogP contribution in [0.5, 0.6) is 11.5 Å². The molecule has 1 aromatic heterocycles. The fourth-order valence-corrected chi connectivity index (χ4v) is 4.03.